The average molecular weight is 278 g/mol. The molecule has 0 bridgehead atoms. The lowest BCUT2D eigenvalue weighted by atomic mass is 10.2. The maximum Gasteiger partial charge on any atom is 0.330 e. The third kappa shape index (κ3) is 3.31. The van der Waals surface area contributed by atoms with Crippen molar-refractivity contribution in [3.63, 3.8) is 0 Å². The summed E-state index contributed by atoms with van der Waals surface area (Å²) in [4.78, 5) is 12.1. The highest BCUT2D eigenvalue weighted by Crippen LogP contribution is 2.22. The Labute approximate surface area is 116 Å². The molecule has 0 radical (unpaired) electrons. The topological polar surface area (TPSA) is 69.2 Å². The van der Waals surface area contributed by atoms with Crippen LogP contribution in [0.5, 0.6) is 17.8 Å². The number of aryl methyl sites for hydroxylation is 1. The fraction of sp³-hybridized carbons (Fsp3) is 0.308. The van der Waals surface area contributed by atoms with Gasteiger partial charge in [0.1, 0.15) is 11.6 Å². The van der Waals surface area contributed by atoms with Crippen molar-refractivity contribution >= 4 is 5.95 Å². The summed E-state index contributed by atoms with van der Waals surface area (Å²) in [7, 11) is 1.68. The molecule has 7 heteroatoms. The van der Waals surface area contributed by atoms with Crippen molar-refractivity contribution in [2.45, 2.75) is 13.8 Å². The van der Waals surface area contributed by atoms with E-state index in [9.17, 15) is 4.39 Å². The number of benzene rings is 1. The smallest absolute Gasteiger partial charge is 0.330 e. The summed E-state index contributed by atoms with van der Waals surface area (Å²) in [5.74, 6) is 0.482. The van der Waals surface area contributed by atoms with Crippen molar-refractivity contribution in [2.24, 2.45) is 0 Å². The molecular weight excluding hydrogens is 263 g/mol. The zero-order valence-corrected chi connectivity index (χ0v) is 11.5. The van der Waals surface area contributed by atoms with E-state index in [2.05, 4.69) is 20.3 Å². The van der Waals surface area contributed by atoms with Gasteiger partial charge in [-0.25, -0.2) is 4.39 Å². The van der Waals surface area contributed by atoms with Crippen LogP contribution < -0.4 is 14.8 Å². The quantitative estimate of drug-likeness (QED) is 0.906. The molecule has 0 saturated carbocycles. The number of halogens is 1. The zero-order valence-electron chi connectivity index (χ0n) is 11.5. The summed E-state index contributed by atoms with van der Waals surface area (Å²) >= 11 is 0. The number of hydrogen-bond donors (Lipinski definition) is 1. The maximum absolute atomic E-state index is 13.2. The summed E-state index contributed by atoms with van der Waals surface area (Å²) in [6.45, 7) is 3.91. The molecule has 1 aromatic carbocycles. The molecule has 106 valence electrons. The first kappa shape index (κ1) is 14.0. The molecule has 0 spiro atoms. The van der Waals surface area contributed by atoms with E-state index in [4.69, 9.17) is 9.47 Å². The summed E-state index contributed by atoms with van der Waals surface area (Å²) in [6, 6.07) is 4.65. The summed E-state index contributed by atoms with van der Waals surface area (Å²) in [5, 5.41) is 2.79. The van der Waals surface area contributed by atoms with Crippen LogP contribution in [0.4, 0.5) is 10.3 Å². The fourth-order valence-corrected chi connectivity index (χ4v) is 1.48. The standard InChI is InChI=1S/C13H15FN4O2/c1-4-19-12-16-11(15-3)17-13(18-12)20-9-5-6-10(14)8(2)7-9/h5-7H,4H2,1-3H3,(H,15,16,17,18). The number of aromatic nitrogens is 3. The molecule has 0 saturated heterocycles. The van der Waals surface area contributed by atoms with Crippen LogP contribution in [0.1, 0.15) is 12.5 Å². The Balaban J connectivity index is 2.27. The van der Waals surface area contributed by atoms with E-state index < -0.39 is 0 Å². The van der Waals surface area contributed by atoms with Crippen LogP contribution in [0, 0.1) is 12.7 Å². The first-order valence-corrected chi connectivity index (χ1v) is 6.13. The molecule has 6 nitrogen and oxygen atoms in total. The van der Waals surface area contributed by atoms with Crippen LogP contribution in [-0.4, -0.2) is 28.6 Å². The van der Waals surface area contributed by atoms with Gasteiger partial charge < -0.3 is 14.8 Å². The van der Waals surface area contributed by atoms with E-state index in [0.717, 1.165) is 0 Å². The van der Waals surface area contributed by atoms with Crippen LogP contribution in [-0.2, 0) is 0 Å². The molecule has 0 unspecified atom stereocenters. The molecule has 1 heterocycles. The maximum atomic E-state index is 13.2. The van der Waals surface area contributed by atoms with E-state index in [1.54, 1.807) is 20.0 Å². The number of nitrogens with one attached hydrogen (secondary N) is 1. The first-order valence-electron chi connectivity index (χ1n) is 6.13. The van der Waals surface area contributed by atoms with Crippen LogP contribution >= 0.6 is 0 Å². The van der Waals surface area contributed by atoms with E-state index in [1.807, 2.05) is 6.92 Å². The van der Waals surface area contributed by atoms with E-state index >= 15 is 0 Å². The van der Waals surface area contributed by atoms with Crippen molar-refractivity contribution in [3.8, 4) is 17.8 Å². The minimum atomic E-state index is -0.293. The lowest BCUT2D eigenvalue weighted by Gasteiger charge is -2.08. The summed E-state index contributed by atoms with van der Waals surface area (Å²) < 4.78 is 23.9. The number of anilines is 1. The van der Waals surface area contributed by atoms with Crippen molar-refractivity contribution < 1.29 is 13.9 Å². The predicted octanol–water partition coefficient (Wildman–Crippen LogP) is 2.55. The van der Waals surface area contributed by atoms with Crippen LogP contribution in [0.3, 0.4) is 0 Å². The molecule has 1 aromatic heterocycles. The van der Waals surface area contributed by atoms with Gasteiger partial charge in [0.2, 0.25) is 5.95 Å². The first-order chi connectivity index (χ1) is 9.62. The molecule has 0 aliphatic heterocycles. The third-order valence-electron chi connectivity index (χ3n) is 2.43. The molecule has 2 rings (SSSR count). The van der Waals surface area contributed by atoms with Crippen LogP contribution in [0.15, 0.2) is 18.2 Å². The molecule has 0 atom stereocenters. The second-order valence-corrected chi connectivity index (χ2v) is 3.92. The highest BCUT2D eigenvalue weighted by Gasteiger charge is 2.09. The molecule has 0 aliphatic rings. The van der Waals surface area contributed by atoms with Gasteiger partial charge in [-0.05, 0) is 37.6 Å². The Hall–Kier alpha value is -2.44. The number of nitrogens with zero attached hydrogens (tertiary/aromatic N) is 3. The Kier molecular flexibility index (Phi) is 4.29. The van der Waals surface area contributed by atoms with Crippen LogP contribution in [0.2, 0.25) is 0 Å². The Bertz CT molecular complexity index is 607. The van der Waals surface area contributed by atoms with E-state index in [-0.39, 0.29) is 17.8 Å². The zero-order chi connectivity index (χ0) is 14.5. The molecule has 0 fully saturated rings. The van der Waals surface area contributed by atoms with Gasteiger partial charge in [0.25, 0.3) is 0 Å². The molecule has 1 N–H and O–H groups in total. The minimum absolute atomic E-state index is 0.0822. The fourth-order valence-electron chi connectivity index (χ4n) is 1.48. The van der Waals surface area contributed by atoms with E-state index in [0.29, 0.717) is 23.9 Å². The lowest BCUT2D eigenvalue weighted by Crippen LogP contribution is -2.05. The molecule has 0 aliphatic carbocycles. The largest absolute Gasteiger partial charge is 0.464 e. The highest BCUT2D eigenvalue weighted by molar-refractivity contribution is 5.32. The highest BCUT2D eigenvalue weighted by atomic mass is 19.1. The van der Waals surface area contributed by atoms with Crippen molar-refractivity contribution in [1.29, 1.82) is 0 Å². The second kappa shape index (κ2) is 6.14. The van der Waals surface area contributed by atoms with Gasteiger partial charge in [0, 0.05) is 7.05 Å². The predicted molar refractivity (Wildman–Crippen MR) is 71.8 cm³/mol. The van der Waals surface area contributed by atoms with Crippen LogP contribution in [0.25, 0.3) is 0 Å². The minimum Gasteiger partial charge on any atom is -0.464 e. The SMILES string of the molecule is CCOc1nc(NC)nc(Oc2ccc(F)c(C)c2)n1. The van der Waals surface area contributed by atoms with Crippen molar-refractivity contribution in [1.82, 2.24) is 15.0 Å². The van der Waals surface area contributed by atoms with Crippen molar-refractivity contribution in [2.75, 3.05) is 19.0 Å². The Morgan fingerprint density at radius 2 is 1.95 bits per heavy atom. The number of ether oxygens (including phenoxy) is 2. The van der Waals surface area contributed by atoms with Gasteiger partial charge >= 0.3 is 12.0 Å². The summed E-state index contributed by atoms with van der Waals surface area (Å²) in [6.07, 6.45) is 0. The number of rotatable bonds is 5. The molecular formula is C13H15FN4O2. The van der Waals surface area contributed by atoms with Gasteiger partial charge in [-0.3, -0.25) is 0 Å². The normalized spacial score (nSPS) is 10.2. The number of hydrogen-bond acceptors (Lipinski definition) is 6. The van der Waals surface area contributed by atoms with Gasteiger partial charge in [-0.2, -0.15) is 9.97 Å². The monoisotopic (exact) mass is 278 g/mol. The molecule has 20 heavy (non-hydrogen) atoms. The van der Waals surface area contributed by atoms with Gasteiger partial charge in [0.05, 0.1) is 6.61 Å². The van der Waals surface area contributed by atoms with Gasteiger partial charge in [-0.1, -0.05) is 0 Å². The van der Waals surface area contributed by atoms with Gasteiger partial charge in [0.15, 0.2) is 0 Å². The molecule has 2 aromatic rings. The van der Waals surface area contributed by atoms with Crippen molar-refractivity contribution in [3.05, 3.63) is 29.6 Å². The lowest BCUT2D eigenvalue weighted by molar-refractivity contribution is 0.304. The third-order valence-corrected chi connectivity index (χ3v) is 2.43. The molecule has 0 amide bonds. The van der Waals surface area contributed by atoms with Gasteiger partial charge in [-0.15, -0.1) is 4.98 Å². The van der Waals surface area contributed by atoms with E-state index in [1.165, 1.54) is 12.1 Å². The Morgan fingerprint density at radius 1 is 1.20 bits per heavy atom. The average Bonchev–Trinajstić information content (AvgIpc) is 2.43. The Morgan fingerprint density at radius 3 is 2.60 bits per heavy atom. The summed E-state index contributed by atoms with van der Waals surface area (Å²) in [5.41, 5.74) is 0.482. The second-order valence-electron chi connectivity index (χ2n) is 3.92.